The summed E-state index contributed by atoms with van der Waals surface area (Å²) in [5, 5.41) is 3.34. The number of oxazole rings is 1. The van der Waals surface area contributed by atoms with Crippen LogP contribution in [0.5, 0.6) is 0 Å². The van der Waals surface area contributed by atoms with Gasteiger partial charge >= 0.3 is 0 Å². The number of nitrogens with one attached hydrogen (secondary N) is 1. The summed E-state index contributed by atoms with van der Waals surface area (Å²) in [7, 11) is 0. The molecular weight excluding hydrogens is 210 g/mol. The lowest BCUT2D eigenvalue weighted by Crippen LogP contribution is -2.22. The molecule has 1 N–H and O–H groups in total. The van der Waals surface area contributed by atoms with Crippen molar-refractivity contribution in [3.63, 3.8) is 0 Å². The van der Waals surface area contributed by atoms with Crippen LogP contribution in [0.15, 0.2) is 10.6 Å². The highest BCUT2D eigenvalue weighted by molar-refractivity contribution is 7.06. The predicted octanol–water partition coefficient (Wildman–Crippen LogP) is 1.75. The van der Waals surface area contributed by atoms with Gasteiger partial charge in [-0.25, -0.2) is 4.98 Å². The first-order chi connectivity index (χ1) is 7.34. The molecule has 0 spiro atoms. The van der Waals surface area contributed by atoms with Crippen LogP contribution in [0.2, 0.25) is 0 Å². The maximum absolute atomic E-state index is 5.51. The molecule has 0 unspecified atom stereocenters. The fourth-order valence-electron chi connectivity index (χ4n) is 1.82. The third-order valence-electron chi connectivity index (χ3n) is 2.56. The summed E-state index contributed by atoms with van der Waals surface area (Å²) < 4.78 is 9.96. The molecule has 2 aromatic rings. The van der Waals surface area contributed by atoms with Crippen LogP contribution in [0.3, 0.4) is 0 Å². The van der Waals surface area contributed by atoms with Gasteiger partial charge in [0.2, 0.25) is 0 Å². The Morgan fingerprint density at radius 3 is 3.27 bits per heavy atom. The van der Waals surface area contributed by atoms with Crippen LogP contribution < -0.4 is 5.32 Å². The normalized spacial score (nSPS) is 15.3. The first-order valence-electron chi connectivity index (χ1n) is 4.95. The number of fused-ring (bicyclic) bond motifs is 1. The molecule has 0 fully saturated rings. The van der Waals surface area contributed by atoms with Gasteiger partial charge in [0.25, 0.3) is 0 Å². The lowest BCUT2D eigenvalue weighted by Gasteiger charge is -2.11. The van der Waals surface area contributed by atoms with Gasteiger partial charge in [-0.15, -0.1) is 0 Å². The molecule has 0 saturated carbocycles. The number of rotatable bonds is 1. The maximum Gasteiger partial charge on any atom is 0.191 e. The summed E-state index contributed by atoms with van der Waals surface area (Å²) in [4.78, 5) is 5.43. The van der Waals surface area contributed by atoms with Gasteiger partial charge < -0.3 is 9.73 Å². The Labute approximate surface area is 91.5 Å². The molecule has 1 aliphatic rings. The van der Waals surface area contributed by atoms with E-state index in [2.05, 4.69) is 14.7 Å². The Balaban J connectivity index is 2.08. The average Bonchev–Trinajstić information content (AvgIpc) is 2.83. The minimum absolute atomic E-state index is 0.695. The van der Waals surface area contributed by atoms with E-state index < -0.39 is 0 Å². The van der Waals surface area contributed by atoms with Gasteiger partial charge in [0.05, 0.1) is 6.20 Å². The second-order valence-corrected chi connectivity index (χ2v) is 4.46. The van der Waals surface area contributed by atoms with Crippen molar-refractivity contribution in [3.8, 4) is 11.5 Å². The first kappa shape index (κ1) is 9.06. The molecule has 78 valence electrons. The predicted molar refractivity (Wildman–Crippen MR) is 57.8 cm³/mol. The van der Waals surface area contributed by atoms with Crippen LogP contribution in [0.25, 0.3) is 11.5 Å². The van der Waals surface area contributed by atoms with Crippen LogP contribution >= 0.6 is 11.5 Å². The van der Waals surface area contributed by atoms with Crippen molar-refractivity contribution in [1.29, 1.82) is 0 Å². The maximum atomic E-state index is 5.51. The van der Waals surface area contributed by atoms with Gasteiger partial charge in [-0.05, 0) is 30.1 Å². The molecule has 0 bridgehead atoms. The van der Waals surface area contributed by atoms with E-state index in [1.807, 2.05) is 6.92 Å². The van der Waals surface area contributed by atoms with Crippen molar-refractivity contribution < 1.29 is 4.42 Å². The van der Waals surface area contributed by atoms with E-state index in [1.54, 1.807) is 17.7 Å². The van der Waals surface area contributed by atoms with Crippen molar-refractivity contribution in [2.75, 3.05) is 6.54 Å². The van der Waals surface area contributed by atoms with Crippen LogP contribution in [-0.2, 0) is 13.0 Å². The summed E-state index contributed by atoms with van der Waals surface area (Å²) in [5.74, 6) is 1.49. The molecule has 1 aliphatic heterocycles. The van der Waals surface area contributed by atoms with Crippen molar-refractivity contribution in [2.24, 2.45) is 0 Å². The van der Waals surface area contributed by atoms with Gasteiger partial charge in [-0.3, -0.25) is 0 Å². The first-order valence-corrected chi connectivity index (χ1v) is 5.73. The number of hydrogen-bond donors (Lipinski definition) is 1. The van der Waals surface area contributed by atoms with Crippen LogP contribution in [0, 0.1) is 6.92 Å². The minimum atomic E-state index is 0.695. The van der Waals surface area contributed by atoms with E-state index in [-0.39, 0.29) is 0 Å². The van der Waals surface area contributed by atoms with Gasteiger partial charge in [0.15, 0.2) is 11.7 Å². The Morgan fingerprint density at radius 1 is 1.53 bits per heavy atom. The highest BCUT2D eigenvalue weighted by atomic mass is 32.1. The molecule has 3 heterocycles. The highest BCUT2D eigenvalue weighted by Gasteiger charge is 2.20. The monoisotopic (exact) mass is 221 g/mol. The number of aromatic nitrogens is 2. The molecule has 0 amide bonds. The summed E-state index contributed by atoms with van der Waals surface area (Å²) in [6.45, 7) is 3.80. The third-order valence-corrected chi connectivity index (χ3v) is 3.45. The van der Waals surface area contributed by atoms with Crippen molar-refractivity contribution in [2.45, 2.75) is 19.9 Å². The quantitative estimate of drug-likeness (QED) is 0.797. The number of hydrogen-bond acceptors (Lipinski definition) is 5. The second-order valence-electron chi connectivity index (χ2n) is 3.60. The van der Waals surface area contributed by atoms with E-state index in [0.29, 0.717) is 5.89 Å². The lowest BCUT2D eigenvalue weighted by atomic mass is 10.1. The number of aryl methyl sites for hydroxylation is 1. The topological polar surface area (TPSA) is 51.0 Å². The van der Waals surface area contributed by atoms with Gasteiger partial charge in [0, 0.05) is 18.3 Å². The summed E-state index contributed by atoms with van der Waals surface area (Å²) in [5.41, 5.74) is 2.31. The van der Waals surface area contributed by atoms with Gasteiger partial charge in [0.1, 0.15) is 5.69 Å². The van der Waals surface area contributed by atoms with Crippen molar-refractivity contribution in [1.82, 2.24) is 14.7 Å². The molecule has 0 aliphatic carbocycles. The standard InChI is InChI=1S/C10H11N3OS/c1-6-12-4-8(14-6)10-7-2-3-11-5-9(7)15-13-10/h4,11H,2-3,5H2,1H3. The Bertz CT molecular complexity index is 489. The van der Waals surface area contributed by atoms with Crippen molar-refractivity contribution in [3.05, 3.63) is 22.5 Å². The van der Waals surface area contributed by atoms with Crippen LogP contribution in [0.1, 0.15) is 16.3 Å². The van der Waals surface area contributed by atoms with Crippen LogP contribution in [-0.4, -0.2) is 15.9 Å². The molecule has 3 rings (SSSR count). The summed E-state index contributed by atoms with van der Waals surface area (Å²) in [6, 6.07) is 0. The largest absolute Gasteiger partial charge is 0.439 e. The molecule has 0 aromatic carbocycles. The minimum Gasteiger partial charge on any atom is -0.439 e. The Kier molecular flexibility index (Phi) is 2.07. The van der Waals surface area contributed by atoms with E-state index in [1.165, 1.54) is 10.4 Å². The molecule has 5 heteroatoms. The lowest BCUT2D eigenvalue weighted by molar-refractivity contribution is 0.532. The molecule has 4 nitrogen and oxygen atoms in total. The third kappa shape index (κ3) is 1.48. The van der Waals surface area contributed by atoms with Gasteiger partial charge in [-0.2, -0.15) is 4.37 Å². The summed E-state index contributed by atoms with van der Waals surface area (Å²) in [6.07, 6.45) is 2.79. The molecule has 0 atom stereocenters. The van der Waals surface area contributed by atoms with E-state index in [0.717, 1.165) is 31.0 Å². The fraction of sp³-hybridized carbons (Fsp3) is 0.400. The zero-order valence-corrected chi connectivity index (χ0v) is 9.23. The molecule has 0 saturated heterocycles. The Morgan fingerprint density at radius 2 is 2.47 bits per heavy atom. The fourth-order valence-corrected chi connectivity index (χ4v) is 2.70. The highest BCUT2D eigenvalue weighted by Crippen LogP contribution is 2.30. The smallest absolute Gasteiger partial charge is 0.191 e. The van der Waals surface area contributed by atoms with Crippen LogP contribution in [0.4, 0.5) is 0 Å². The Hall–Kier alpha value is -1.20. The average molecular weight is 221 g/mol. The molecule has 15 heavy (non-hydrogen) atoms. The molecule has 0 radical (unpaired) electrons. The van der Waals surface area contributed by atoms with E-state index in [9.17, 15) is 0 Å². The molecule has 2 aromatic heterocycles. The number of nitrogens with zero attached hydrogens (tertiary/aromatic N) is 2. The SMILES string of the molecule is Cc1ncc(-c2nsc3c2CCNC3)o1. The van der Waals surface area contributed by atoms with E-state index >= 15 is 0 Å². The molecular formula is C10H11N3OS. The zero-order valence-electron chi connectivity index (χ0n) is 8.41. The van der Waals surface area contributed by atoms with Gasteiger partial charge in [-0.1, -0.05) is 0 Å². The summed E-state index contributed by atoms with van der Waals surface area (Å²) >= 11 is 1.56. The van der Waals surface area contributed by atoms with Crippen molar-refractivity contribution >= 4 is 11.5 Å². The zero-order chi connectivity index (χ0) is 10.3. The van der Waals surface area contributed by atoms with E-state index in [4.69, 9.17) is 4.42 Å². The second kappa shape index (κ2) is 3.43.